The highest BCUT2D eigenvalue weighted by Crippen LogP contribution is 1.76. The van der Waals surface area contributed by atoms with Crippen LogP contribution in [-0.4, -0.2) is 52.9 Å². The van der Waals surface area contributed by atoms with E-state index < -0.39 is 0 Å². The summed E-state index contributed by atoms with van der Waals surface area (Å²) in [5, 5.41) is 13.2. The highest BCUT2D eigenvalue weighted by atomic mass is 14.9. The third-order valence-corrected chi connectivity index (χ3v) is 2.47. The molecule has 0 aliphatic carbocycles. The van der Waals surface area contributed by atoms with Gasteiger partial charge in [-0.25, -0.2) is 0 Å². The molecular formula is C14H30N4. The molecule has 0 amide bonds. The Labute approximate surface area is 112 Å². The third kappa shape index (κ3) is 15.3. The van der Waals surface area contributed by atoms with E-state index in [4.69, 9.17) is 0 Å². The molecule has 4 N–H and O–H groups in total. The van der Waals surface area contributed by atoms with Crippen molar-refractivity contribution in [3.8, 4) is 0 Å². The second kappa shape index (κ2) is 16.3. The highest BCUT2D eigenvalue weighted by Gasteiger charge is 1.86. The molecule has 0 bridgehead atoms. The van der Waals surface area contributed by atoms with Crippen LogP contribution in [0.4, 0.5) is 0 Å². The van der Waals surface area contributed by atoms with Crippen molar-refractivity contribution in [3.63, 3.8) is 0 Å². The molecule has 0 radical (unpaired) electrons. The van der Waals surface area contributed by atoms with E-state index in [1.54, 1.807) is 0 Å². The van der Waals surface area contributed by atoms with Gasteiger partial charge in [-0.2, -0.15) is 0 Å². The average molecular weight is 254 g/mol. The molecule has 0 aliphatic rings. The molecule has 0 atom stereocenters. The first-order valence-electron chi connectivity index (χ1n) is 6.94. The molecule has 0 aliphatic heterocycles. The molecule has 0 saturated heterocycles. The van der Waals surface area contributed by atoms with Crippen LogP contribution in [0, 0.1) is 0 Å². The van der Waals surface area contributed by atoms with Crippen molar-refractivity contribution >= 4 is 0 Å². The maximum Gasteiger partial charge on any atom is 0.0135 e. The van der Waals surface area contributed by atoms with E-state index in [1.165, 1.54) is 6.42 Å². The van der Waals surface area contributed by atoms with E-state index >= 15 is 0 Å². The van der Waals surface area contributed by atoms with Crippen LogP contribution in [-0.2, 0) is 0 Å². The van der Waals surface area contributed by atoms with E-state index in [2.05, 4.69) is 40.0 Å². The van der Waals surface area contributed by atoms with Crippen molar-refractivity contribution in [3.05, 3.63) is 24.8 Å². The second-order valence-electron chi connectivity index (χ2n) is 4.18. The normalized spacial score (nSPS) is 11.2. The monoisotopic (exact) mass is 254 g/mol. The van der Waals surface area contributed by atoms with Gasteiger partial charge in [-0.1, -0.05) is 18.2 Å². The molecule has 0 aromatic rings. The SMILES string of the molecule is C=CCNCCCNCC=CCNCCCNC. The van der Waals surface area contributed by atoms with Crippen molar-refractivity contribution < 1.29 is 0 Å². The lowest BCUT2D eigenvalue weighted by atomic mass is 10.4. The van der Waals surface area contributed by atoms with E-state index in [9.17, 15) is 0 Å². The van der Waals surface area contributed by atoms with E-state index in [0.29, 0.717) is 0 Å². The van der Waals surface area contributed by atoms with Gasteiger partial charge in [0.25, 0.3) is 0 Å². The van der Waals surface area contributed by atoms with Crippen LogP contribution < -0.4 is 21.3 Å². The quantitative estimate of drug-likeness (QED) is 0.269. The van der Waals surface area contributed by atoms with Gasteiger partial charge >= 0.3 is 0 Å². The summed E-state index contributed by atoms with van der Waals surface area (Å²) < 4.78 is 0. The van der Waals surface area contributed by atoms with Gasteiger partial charge in [0.2, 0.25) is 0 Å². The van der Waals surface area contributed by atoms with E-state index in [0.717, 1.165) is 52.2 Å². The minimum atomic E-state index is 0.902. The standard InChI is InChI=1S/C14H30N4/c1-3-8-16-13-7-14-18-11-5-4-10-17-12-6-9-15-2/h3-5,15-18H,1,6-14H2,2H3. The molecule has 4 heteroatoms. The predicted molar refractivity (Wildman–Crippen MR) is 81.1 cm³/mol. The molecule has 0 unspecified atom stereocenters. The lowest BCUT2D eigenvalue weighted by Crippen LogP contribution is -2.22. The number of hydrogen-bond donors (Lipinski definition) is 4. The molecule has 0 aromatic carbocycles. The van der Waals surface area contributed by atoms with Crippen LogP contribution in [0.1, 0.15) is 12.8 Å². The Bertz CT molecular complexity index is 192. The molecule has 0 aromatic heterocycles. The van der Waals surface area contributed by atoms with Gasteiger partial charge in [0.15, 0.2) is 0 Å². The first-order valence-corrected chi connectivity index (χ1v) is 6.94. The van der Waals surface area contributed by atoms with Crippen molar-refractivity contribution in [1.29, 1.82) is 0 Å². The van der Waals surface area contributed by atoms with Crippen LogP contribution in [0.15, 0.2) is 24.8 Å². The van der Waals surface area contributed by atoms with Gasteiger partial charge in [-0.15, -0.1) is 6.58 Å². The molecule has 0 rings (SSSR count). The molecule has 0 heterocycles. The average Bonchev–Trinajstić information content (AvgIpc) is 2.39. The van der Waals surface area contributed by atoms with Gasteiger partial charge in [0.1, 0.15) is 0 Å². The van der Waals surface area contributed by atoms with E-state index in [-0.39, 0.29) is 0 Å². The molecule has 4 nitrogen and oxygen atoms in total. The van der Waals surface area contributed by atoms with Gasteiger partial charge in [-0.3, -0.25) is 0 Å². The Morgan fingerprint density at radius 2 is 1.28 bits per heavy atom. The lowest BCUT2D eigenvalue weighted by Gasteiger charge is -2.03. The summed E-state index contributed by atoms with van der Waals surface area (Å²) in [6, 6.07) is 0. The second-order valence-corrected chi connectivity index (χ2v) is 4.18. The summed E-state index contributed by atoms with van der Waals surface area (Å²) in [7, 11) is 1.98. The smallest absolute Gasteiger partial charge is 0.0135 e. The van der Waals surface area contributed by atoms with Crippen molar-refractivity contribution in [2.45, 2.75) is 12.8 Å². The van der Waals surface area contributed by atoms with Crippen molar-refractivity contribution in [2.75, 3.05) is 52.9 Å². The highest BCUT2D eigenvalue weighted by molar-refractivity contribution is 4.85. The van der Waals surface area contributed by atoms with Crippen molar-refractivity contribution in [1.82, 2.24) is 21.3 Å². The fourth-order valence-electron chi connectivity index (χ4n) is 1.47. The Balaban J connectivity index is 3.02. The van der Waals surface area contributed by atoms with Crippen LogP contribution in [0.25, 0.3) is 0 Å². The Morgan fingerprint density at radius 3 is 1.78 bits per heavy atom. The summed E-state index contributed by atoms with van der Waals surface area (Å²) in [5.41, 5.74) is 0. The van der Waals surface area contributed by atoms with Gasteiger partial charge in [-0.05, 0) is 46.1 Å². The maximum absolute atomic E-state index is 3.66. The molecule has 0 saturated carbocycles. The fourth-order valence-corrected chi connectivity index (χ4v) is 1.47. The van der Waals surface area contributed by atoms with Gasteiger partial charge in [0, 0.05) is 19.6 Å². The molecular weight excluding hydrogens is 224 g/mol. The summed E-state index contributed by atoms with van der Waals surface area (Å²) in [4.78, 5) is 0. The number of nitrogens with one attached hydrogen (secondary N) is 4. The zero-order valence-corrected chi connectivity index (χ0v) is 11.8. The van der Waals surface area contributed by atoms with E-state index in [1.807, 2.05) is 13.1 Å². The van der Waals surface area contributed by atoms with Gasteiger partial charge < -0.3 is 21.3 Å². The lowest BCUT2D eigenvalue weighted by molar-refractivity contribution is 0.638. The summed E-state index contributed by atoms with van der Waals surface area (Å²) >= 11 is 0. The summed E-state index contributed by atoms with van der Waals surface area (Å²) in [5.74, 6) is 0. The Kier molecular flexibility index (Phi) is 15.7. The Morgan fingerprint density at radius 1 is 0.778 bits per heavy atom. The van der Waals surface area contributed by atoms with Crippen LogP contribution >= 0.6 is 0 Å². The first-order chi connectivity index (χ1) is 8.91. The third-order valence-electron chi connectivity index (χ3n) is 2.47. The molecule has 0 fully saturated rings. The predicted octanol–water partition coefficient (Wildman–Crippen LogP) is 0.497. The topological polar surface area (TPSA) is 48.1 Å². The Hall–Kier alpha value is -0.680. The summed E-state index contributed by atoms with van der Waals surface area (Å²) in [6.45, 7) is 10.8. The number of rotatable bonds is 14. The summed E-state index contributed by atoms with van der Waals surface area (Å²) in [6.07, 6.45) is 8.59. The van der Waals surface area contributed by atoms with Crippen LogP contribution in [0.3, 0.4) is 0 Å². The van der Waals surface area contributed by atoms with Crippen LogP contribution in [0.2, 0.25) is 0 Å². The molecule has 106 valence electrons. The minimum absolute atomic E-state index is 0.902. The van der Waals surface area contributed by atoms with Crippen LogP contribution in [0.5, 0.6) is 0 Å². The van der Waals surface area contributed by atoms with Crippen molar-refractivity contribution in [2.24, 2.45) is 0 Å². The first kappa shape index (κ1) is 17.3. The fraction of sp³-hybridized carbons (Fsp3) is 0.714. The minimum Gasteiger partial charge on any atom is -0.320 e. The zero-order chi connectivity index (χ0) is 13.3. The molecule has 0 spiro atoms. The number of hydrogen-bond acceptors (Lipinski definition) is 4. The maximum atomic E-state index is 3.66. The largest absolute Gasteiger partial charge is 0.320 e. The van der Waals surface area contributed by atoms with Gasteiger partial charge in [0.05, 0.1) is 0 Å². The zero-order valence-electron chi connectivity index (χ0n) is 11.8. The molecule has 18 heavy (non-hydrogen) atoms.